The summed E-state index contributed by atoms with van der Waals surface area (Å²) in [4.78, 5) is 26.9. The average Bonchev–Trinajstić information content (AvgIpc) is 3.01. The molecule has 0 radical (unpaired) electrons. The highest BCUT2D eigenvalue weighted by Gasteiger charge is 2.27. The number of hydrogen-bond acceptors (Lipinski definition) is 3. The van der Waals surface area contributed by atoms with Crippen molar-refractivity contribution in [2.75, 3.05) is 13.1 Å². The molecule has 2 rings (SSSR count). The monoisotopic (exact) mass is 348 g/mol. The average molecular weight is 348 g/mol. The topological polar surface area (TPSA) is 67.2 Å². The lowest BCUT2D eigenvalue weighted by molar-refractivity contribution is -0.133. The van der Waals surface area contributed by atoms with Gasteiger partial charge in [0.15, 0.2) is 0 Å². The fourth-order valence-corrected chi connectivity index (χ4v) is 3.18. The van der Waals surface area contributed by atoms with Gasteiger partial charge in [-0.25, -0.2) is 0 Å². The zero-order chi connectivity index (χ0) is 18.8. The lowest BCUT2D eigenvalue weighted by Crippen LogP contribution is -2.48. The molecule has 0 saturated carbocycles. The summed E-state index contributed by atoms with van der Waals surface area (Å²) < 4.78 is 1.91. The summed E-state index contributed by atoms with van der Waals surface area (Å²) in [5.74, 6) is -0.0316. The number of aromatic nitrogens is 2. The number of nitrogens with one attached hydrogen (secondary N) is 1. The number of piperidine rings is 1. The Morgan fingerprint density at radius 1 is 1.12 bits per heavy atom. The van der Waals surface area contributed by atoms with Crippen LogP contribution in [0, 0.1) is 0 Å². The zero-order valence-corrected chi connectivity index (χ0v) is 16.4. The molecule has 0 unspecified atom stereocenters. The van der Waals surface area contributed by atoms with Gasteiger partial charge >= 0.3 is 0 Å². The van der Waals surface area contributed by atoms with Gasteiger partial charge in [0.1, 0.15) is 11.7 Å². The van der Waals surface area contributed by atoms with E-state index in [9.17, 15) is 9.59 Å². The number of likely N-dealkylation sites (tertiary alicyclic amines) is 1. The van der Waals surface area contributed by atoms with E-state index >= 15 is 0 Å². The van der Waals surface area contributed by atoms with Gasteiger partial charge in [-0.2, -0.15) is 5.10 Å². The molecule has 1 N–H and O–H groups in total. The van der Waals surface area contributed by atoms with Crippen LogP contribution in [0.2, 0.25) is 0 Å². The van der Waals surface area contributed by atoms with Crippen LogP contribution in [0.3, 0.4) is 0 Å². The van der Waals surface area contributed by atoms with Crippen molar-refractivity contribution in [3.8, 4) is 0 Å². The molecule has 1 saturated heterocycles. The molecule has 1 aliphatic rings. The van der Waals surface area contributed by atoms with Gasteiger partial charge in [0.2, 0.25) is 5.91 Å². The predicted molar refractivity (Wildman–Crippen MR) is 98.7 cm³/mol. The lowest BCUT2D eigenvalue weighted by atomic mass is 10.1. The van der Waals surface area contributed by atoms with E-state index in [4.69, 9.17) is 0 Å². The van der Waals surface area contributed by atoms with Crippen LogP contribution in [-0.2, 0) is 10.3 Å². The largest absolute Gasteiger partial charge is 0.341 e. The molecule has 1 atom stereocenters. The van der Waals surface area contributed by atoms with Gasteiger partial charge in [-0.15, -0.1) is 0 Å². The SMILES string of the molecule is CC(C)c1cc(C(=O)N[C@@H](C)C(=O)N2CCCCC2)nn1C(C)(C)C. The van der Waals surface area contributed by atoms with E-state index in [1.807, 2.05) is 15.6 Å². The van der Waals surface area contributed by atoms with E-state index in [-0.39, 0.29) is 23.3 Å². The van der Waals surface area contributed by atoms with Gasteiger partial charge < -0.3 is 10.2 Å². The molecule has 25 heavy (non-hydrogen) atoms. The van der Waals surface area contributed by atoms with Gasteiger partial charge in [-0.1, -0.05) is 13.8 Å². The van der Waals surface area contributed by atoms with Crippen LogP contribution >= 0.6 is 0 Å². The van der Waals surface area contributed by atoms with Crippen molar-refractivity contribution in [1.82, 2.24) is 20.0 Å². The Kier molecular flexibility index (Phi) is 5.91. The van der Waals surface area contributed by atoms with Crippen LogP contribution in [0.4, 0.5) is 0 Å². The van der Waals surface area contributed by atoms with E-state index in [2.05, 4.69) is 45.0 Å². The van der Waals surface area contributed by atoms with Crippen molar-refractivity contribution in [1.29, 1.82) is 0 Å². The van der Waals surface area contributed by atoms with E-state index in [1.165, 1.54) is 6.42 Å². The van der Waals surface area contributed by atoms with Gasteiger partial charge in [-0.05, 0) is 58.9 Å². The molecule has 1 aromatic rings. The van der Waals surface area contributed by atoms with Crippen LogP contribution in [0.5, 0.6) is 0 Å². The number of carbonyl (C=O) groups is 2. The number of rotatable bonds is 4. The van der Waals surface area contributed by atoms with Gasteiger partial charge in [0.05, 0.1) is 5.54 Å². The molecule has 0 aromatic carbocycles. The van der Waals surface area contributed by atoms with E-state index in [1.54, 1.807) is 6.92 Å². The Balaban J connectivity index is 2.11. The Morgan fingerprint density at radius 2 is 1.72 bits per heavy atom. The van der Waals surface area contributed by atoms with Gasteiger partial charge in [-0.3, -0.25) is 14.3 Å². The first-order valence-corrected chi connectivity index (χ1v) is 9.31. The first-order chi connectivity index (χ1) is 11.6. The third kappa shape index (κ3) is 4.61. The Bertz CT molecular complexity index is 622. The normalized spacial score (nSPS) is 16.8. The fourth-order valence-electron chi connectivity index (χ4n) is 3.18. The minimum Gasteiger partial charge on any atom is -0.341 e. The predicted octanol–water partition coefficient (Wildman–Crippen LogP) is 2.89. The molecule has 1 fully saturated rings. The highest BCUT2D eigenvalue weighted by atomic mass is 16.2. The fraction of sp³-hybridized carbons (Fsp3) is 0.737. The van der Waals surface area contributed by atoms with Gasteiger partial charge in [0, 0.05) is 18.8 Å². The van der Waals surface area contributed by atoms with E-state index in [0.717, 1.165) is 31.6 Å². The third-order valence-corrected chi connectivity index (χ3v) is 4.58. The van der Waals surface area contributed by atoms with E-state index in [0.29, 0.717) is 5.69 Å². The number of nitrogens with zero attached hydrogens (tertiary/aromatic N) is 3. The van der Waals surface area contributed by atoms with Crippen molar-refractivity contribution in [3.63, 3.8) is 0 Å². The van der Waals surface area contributed by atoms with Crippen molar-refractivity contribution in [3.05, 3.63) is 17.5 Å². The zero-order valence-electron chi connectivity index (χ0n) is 16.4. The van der Waals surface area contributed by atoms with E-state index < -0.39 is 6.04 Å². The number of amides is 2. The minimum atomic E-state index is -0.534. The smallest absolute Gasteiger partial charge is 0.272 e. The summed E-state index contributed by atoms with van der Waals surface area (Å²) >= 11 is 0. The maximum absolute atomic E-state index is 12.6. The molecule has 2 heterocycles. The van der Waals surface area contributed by atoms with Crippen molar-refractivity contribution >= 4 is 11.8 Å². The molecule has 0 bridgehead atoms. The lowest BCUT2D eigenvalue weighted by Gasteiger charge is -2.29. The summed E-state index contributed by atoms with van der Waals surface area (Å²) in [5.41, 5.74) is 1.19. The molecule has 0 spiro atoms. The summed E-state index contributed by atoms with van der Waals surface area (Å²) in [6.45, 7) is 13.7. The Morgan fingerprint density at radius 3 is 2.20 bits per heavy atom. The highest BCUT2D eigenvalue weighted by Crippen LogP contribution is 2.23. The molecule has 0 aliphatic carbocycles. The maximum atomic E-state index is 12.6. The first-order valence-electron chi connectivity index (χ1n) is 9.31. The van der Waals surface area contributed by atoms with Gasteiger partial charge in [0.25, 0.3) is 5.91 Å². The quantitative estimate of drug-likeness (QED) is 0.910. The van der Waals surface area contributed by atoms with Crippen molar-refractivity contribution in [2.45, 2.75) is 78.3 Å². The van der Waals surface area contributed by atoms with Crippen molar-refractivity contribution in [2.24, 2.45) is 0 Å². The summed E-state index contributed by atoms with van der Waals surface area (Å²) in [6, 6.07) is 1.30. The number of hydrogen-bond donors (Lipinski definition) is 1. The van der Waals surface area contributed by atoms with Crippen LogP contribution < -0.4 is 5.32 Å². The standard InChI is InChI=1S/C19H32N4O2/c1-13(2)16-12-15(21-23(16)19(4,5)6)17(24)20-14(3)18(25)22-10-8-7-9-11-22/h12-14H,7-11H2,1-6H3,(H,20,24)/t14-/m0/s1. The number of carbonyl (C=O) groups excluding carboxylic acids is 2. The van der Waals surface area contributed by atoms with Crippen molar-refractivity contribution < 1.29 is 9.59 Å². The minimum absolute atomic E-state index is 0.00705. The highest BCUT2D eigenvalue weighted by molar-refractivity contribution is 5.96. The second kappa shape index (κ2) is 7.58. The summed E-state index contributed by atoms with van der Waals surface area (Å²) in [6.07, 6.45) is 3.26. The molecular formula is C19H32N4O2. The Hall–Kier alpha value is -1.85. The van der Waals surface area contributed by atoms with Crippen LogP contribution in [0.25, 0.3) is 0 Å². The maximum Gasteiger partial charge on any atom is 0.272 e. The van der Waals surface area contributed by atoms with Crippen LogP contribution in [0.1, 0.15) is 82.9 Å². The second-order valence-corrected chi connectivity index (χ2v) is 8.27. The Labute approximate surface area is 151 Å². The van der Waals surface area contributed by atoms with Crippen LogP contribution in [0.15, 0.2) is 6.07 Å². The summed E-state index contributed by atoms with van der Waals surface area (Å²) in [5, 5.41) is 7.33. The van der Waals surface area contributed by atoms with Crippen LogP contribution in [-0.4, -0.2) is 45.6 Å². The third-order valence-electron chi connectivity index (χ3n) is 4.58. The second-order valence-electron chi connectivity index (χ2n) is 8.27. The molecular weight excluding hydrogens is 316 g/mol. The molecule has 1 aromatic heterocycles. The molecule has 6 heteroatoms. The molecule has 1 aliphatic heterocycles. The first kappa shape index (κ1) is 19.5. The summed E-state index contributed by atoms with van der Waals surface area (Å²) in [7, 11) is 0. The molecule has 140 valence electrons. The molecule has 6 nitrogen and oxygen atoms in total. The molecule has 2 amide bonds.